The fourth-order valence-corrected chi connectivity index (χ4v) is 2.28. The van der Waals surface area contributed by atoms with E-state index in [9.17, 15) is 33.8 Å². The van der Waals surface area contributed by atoms with Crippen molar-refractivity contribution in [2.45, 2.75) is 0 Å². The number of halogens is 2. The highest BCUT2D eigenvalue weighted by molar-refractivity contribution is 5.92. The molecule has 0 aliphatic rings. The first-order valence-corrected chi connectivity index (χ1v) is 7.35. The summed E-state index contributed by atoms with van der Waals surface area (Å²) in [6.07, 6.45) is 0. The van der Waals surface area contributed by atoms with E-state index in [1.807, 2.05) is 0 Å². The van der Waals surface area contributed by atoms with Crippen LogP contribution in [-0.4, -0.2) is 30.0 Å². The minimum Gasteiger partial charge on any atom is -0.490 e. The number of nitro benzene ring substituents is 2. The van der Waals surface area contributed by atoms with Crippen LogP contribution in [0.5, 0.6) is 17.2 Å². The quantitative estimate of drug-likeness (QED) is 0.303. The van der Waals surface area contributed by atoms with Crippen LogP contribution in [0.1, 0.15) is 15.9 Å². The number of rotatable bonds is 6. The zero-order chi connectivity index (χ0) is 21.9. The maximum Gasteiger partial charge on any atom is 0.350 e. The summed E-state index contributed by atoms with van der Waals surface area (Å²) in [4.78, 5) is 32.0. The molecule has 0 radical (unpaired) electrons. The van der Waals surface area contributed by atoms with Crippen molar-refractivity contribution in [2.75, 3.05) is 14.2 Å². The van der Waals surface area contributed by atoms with Crippen molar-refractivity contribution in [1.82, 2.24) is 0 Å². The summed E-state index contributed by atoms with van der Waals surface area (Å²) in [6, 6.07) is 3.45. The zero-order valence-corrected chi connectivity index (χ0v) is 14.6. The van der Waals surface area contributed by atoms with E-state index in [-0.39, 0.29) is 0 Å². The fourth-order valence-electron chi connectivity index (χ4n) is 2.28. The zero-order valence-electron chi connectivity index (χ0n) is 14.6. The molecule has 2 aromatic rings. The van der Waals surface area contributed by atoms with Crippen molar-refractivity contribution in [1.29, 1.82) is 5.26 Å². The number of nitro groups is 2. The van der Waals surface area contributed by atoms with Gasteiger partial charge in [-0.05, 0) is 6.07 Å². The highest BCUT2D eigenvalue weighted by Gasteiger charge is 2.31. The Morgan fingerprint density at radius 2 is 1.59 bits per heavy atom. The third kappa shape index (κ3) is 3.86. The van der Waals surface area contributed by atoms with E-state index in [0.29, 0.717) is 6.07 Å². The first-order valence-electron chi connectivity index (χ1n) is 7.35. The van der Waals surface area contributed by atoms with Crippen molar-refractivity contribution >= 4 is 17.3 Å². The summed E-state index contributed by atoms with van der Waals surface area (Å²) in [7, 11) is 1.98. The Morgan fingerprint density at radius 3 is 2.07 bits per heavy atom. The Hall–Kier alpha value is -4.34. The number of hydrogen-bond donors (Lipinski definition) is 0. The number of ether oxygens (including phenoxy) is 3. The van der Waals surface area contributed by atoms with Gasteiger partial charge < -0.3 is 14.2 Å². The van der Waals surface area contributed by atoms with Gasteiger partial charge in [0.1, 0.15) is 11.6 Å². The van der Waals surface area contributed by atoms with Crippen LogP contribution in [-0.2, 0) is 0 Å². The monoisotopic (exact) mass is 409 g/mol. The number of benzene rings is 2. The lowest BCUT2D eigenvalue weighted by atomic mass is 10.1. The molecule has 2 rings (SSSR count). The second-order valence-corrected chi connectivity index (χ2v) is 5.14. The molecule has 0 unspecified atom stereocenters. The predicted molar refractivity (Wildman–Crippen MR) is 88.9 cm³/mol. The molecule has 0 saturated carbocycles. The summed E-state index contributed by atoms with van der Waals surface area (Å²) in [6.45, 7) is 0. The van der Waals surface area contributed by atoms with Crippen LogP contribution in [0, 0.1) is 43.2 Å². The van der Waals surface area contributed by atoms with E-state index in [2.05, 4.69) is 9.47 Å². The average molecular weight is 409 g/mol. The smallest absolute Gasteiger partial charge is 0.350 e. The molecular formula is C16H9F2N3O8. The maximum absolute atomic E-state index is 14.6. The van der Waals surface area contributed by atoms with Crippen molar-refractivity contribution in [3.8, 4) is 23.3 Å². The lowest BCUT2D eigenvalue weighted by molar-refractivity contribution is -0.388. The molecule has 11 nitrogen and oxygen atoms in total. The first kappa shape index (κ1) is 21.0. The van der Waals surface area contributed by atoms with Crippen molar-refractivity contribution in [2.24, 2.45) is 0 Å². The van der Waals surface area contributed by atoms with Crippen LogP contribution in [0.3, 0.4) is 0 Å². The summed E-state index contributed by atoms with van der Waals surface area (Å²) < 4.78 is 42.5. The first-order chi connectivity index (χ1) is 13.7. The summed E-state index contributed by atoms with van der Waals surface area (Å²) >= 11 is 0. The Kier molecular flexibility index (Phi) is 5.88. The SMILES string of the molecule is COc1cc(C(=O)Oc2c(C#N)cc(OC)c([N+](=O)[O-])c2F)cc(F)c1[N+](=O)[O-]. The van der Waals surface area contributed by atoms with Crippen molar-refractivity contribution < 1.29 is 37.6 Å². The number of hydrogen-bond acceptors (Lipinski definition) is 9. The Bertz CT molecular complexity index is 1080. The maximum atomic E-state index is 14.6. The Balaban J connectivity index is 2.58. The fraction of sp³-hybridized carbons (Fsp3) is 0.125. The normalized spacial score (nSPS) is 10.0. The minimum absolute atomic E-state index is 0.435. The third-order valence-electron chi connectivity index (χ3n) is 3.55. The molecule has 0 amide bonds. The molecule has 0 N–H and O–H groups in total. The second kappa shape index (κ2) is 8.13. The molecule has 13 heteroatoms. The number of carbonyl (C=O) groups excluding carboxylic acids is 1. The van der Waals surface area contributed by atoms with Gasteiger partial charge in [0.2, 0.25) is 23.1 Å². The second-order valence-electron chi connectivity index (χ2n) is 5.14. The van der Waals surface area contributed by atoms with Crippen LogP contribution in [0.15, 0.2) is 18.2 Å². The van der Waals surface area contributed by atoms with Crippen LogP contribution < -0.4 is 14.2 Å². The highest BCUT2D eigenvalue weighted by Crippen LogP contribution is 2.39. The molecule has 0 saturated heterocycles. The molecule has 0 aliphatic carbocycles. The minimum atomic E-state index is -1.67. The van der Waals surface area contributed by atoms with Gasteiger partial charge in [-0.3, -0.25) is 20.2 Å². The third-order valence-corrected chi connectivity index (χ3v) is 3.55. The van der Waals surface area contributed by atoms with Crippen LogP contribution in [0.2, 0.25) is 0 Å². The largest absolute Gasteiger partial charge is 0.490 e. The van der Waals surface area contributed by atoms with Crippen molar-refractivity contribution in [3.63, 3.8) is 0 Å². The van der Waals surface area contributed by atoms with Gasteiger partial charge in [-0.1, -0.05) is 0 Å². The van der Waals surface area contributed by atoms with E-state index in [4.69, 9.17) is 10.00 Å². The summed E-state index contributed by atoms with van der Waals surface area (Å²) in [5.74, 6) is -6.87. The topological polar surface area (TPSA) is 155 Å². The van der Waals surface area contributed by atoms with Crippen molar-refractivity contribution in [3.05, 3.63) is 61.2 Å². The van der Waals surface area contributed by atoms with Crippen LogP contribution in [0.4, 0.5) is 20.2 Å². The predicted octanol–water partition coefficient (Wildman–Crippen LogP) is 2.89. The van der Waals surface area contributed by atoms with E-state index in [1.54, 1.807) is 0 Å². The molecule has 0 fully saturated rings. The van der Waals surface area contributed by atoms with E-state index >= 15 is 0 Å². The van der Waals surface area contributed by atoms with Gasteiger partial charge in [0.25, 0.3) is 0 Å². The van der Waals surface area contributed by atoms with Gasteiger partial charge in [0.05, 0.1) is 29.6 Å². The molecule has 2 aromatic carbocycles. The van der Waals surface area contributed by atoms with E-state index < -0.39 is 67.2 Å². The van der Waals surface area contributed by atoms with Crippen LogP contribution in [0.25, 0.3) is 0 Å². The Labute approximate surface area is 159 Å². The number of nitrogens with zero attached hydrogens (tertiary/aromatic N) is 3. The van der Waals surface area contributed by atoms with Gasteiger partial charge in [-0.25, -0.2) is 4.79 Å². The number of carbonyl (C=O) groups is 1. The molecule has 0 spiro atoms. The standard InChI is InChI=1S/C16H9F2N3O8/c1-27-10-4-7(3-9(17)13(10)20(23)24)16(22)29-15-8(6-19)5-11(28-2)14(12(15)18)21(25)26/h3-5H,1-2H3. The number of nitriles is 1. The molecule has 0 aromatic heterocycles. The van der Waals surface area contributed by atoms with Gasteiger partial charge in [-0.15, -0.1) is 0 Å². The lowest BCUT2D eigenvalue weighted by Gasteiger charge is -2.11. The molecular weight excluding hydrogens is 400 g/mol. The molecule has 0 atom stereocenters. The highest BCUT2D eigenvalue weighted by atomic mass is 19.1. The van der Waals surface area contributed by atoms with Gasteiger partial charge in [0.15, 0.2) is 5.75 Å². The molecule has 29 heavy (non-hydrogen) atoms. The summed E-state index contributed by atoms with van der Waals surface area (Å²) in [5, 5.41) is 31.1. The van der Waals surface area contributed by atoms with E-state index in [0.717, 1.165) is 26.4 Å². The molecule has 0 bridgehead atoms. The Morgan fingerprint density at radius 1 is 1.03 bits per heavy atom. The van der Waals surface area contributed by atoms with Gasteiger partial charge in [0, 0.05) is 12.1 Å². The average Bonchev–Trinajstić information content (AvgIpc) is 2.67. The van der Waals surface area contributed by atoms with Crippen LogP contribution >= 0.6 is 0 Å². The number of esters is 1. The van der Waals surface area contributed by atoms with E-state index in [1.165, 1.54) is 6.07 Å². The number of methoxy groups -OCH3 is 2. The molecule has 0 heterocycles. The summed E-state index contributed by atoms with van der Waals surface area (Å²) in [5.41, 5.74) is -3.49. The van der Waals surface area contributed by atoms with Gasteiger partial charge >= 0.3 is 17.3 Å². The molecule has 0 aliphatic heterocycles. The van der Waals surface area contributed by atoms with Gasteiger partial charge in [-0.2, -0.15) is 14.0 Å². The lowest BCUT2D eigenvalue weighted by Crippen LogP contribution is -2.13. The molecule has 150 valence electrons.